The first-order valence-corrected chi connectivity index (χ1v) is 12.2. The van der Waals surface area contributed by atoms with Gasteiger partial charge in [-0.3, -0.25) is 9.59 Å². The molecule has 4 rings (SSSR count). The Morgan fingerprint density at radius 3 is 2.66 bits per heavy atom. The number of amides is 1. The van der Waals surface area contributed by atoms with Crippen LogP contribution in [-0.2, 0) is 29.2 Å². The van der Waals surface area contributed by atoms with Crippen molar-refractivity contribution in [2.75, 3.05) is 6.54 Å². The summed E-state index contributed by atoms with van der Waals surface area (Å²) in [5, 5.41) is 9.32. The second-order valence-corrected chi connectivity index (χ2v) is 9.22. The van der Waals surface area contributed by atoms with E-state index in [1.54, 1.807) is 6.33 Å². The fraction of sp³-hybridized carbons (Fsp3) is 0.393. The van der Waals surface area contributed by atoms with Gasteiger partial charge in [-0.05, 0) is 55.0 Å². The van der Waals surface area contributed by atoms with Gasteiger partial charge in [-0.1, -0.05) is 43.3 Å². The third-order valence-corrected chi connectivity index (χ3v) is 6.78. The molecule has 2 aromatic carbocycles. The summed E-state index contributed by atoms with van der Waals surface area (Å²) in [6, 6.07) is 15.8. The highest BCUT2D eigenvalue weighted by Gasteiger charge is 2.31. The van der Waals surface area contributed by atoms with Crippen molar-refractivity contribution in [1.82, 2.24) is 14.5 Å². The van der Waals surface area contributed by atoms with Gasteiger partial charge in [-0.25, -0.2) is 4.98 Å². The smallest absolute Gasteiger partial charge is 0.308 e. The summed E-state index contributed by atoms with van der Waals surface area (Å²) in [5.41, 5.74) is 4.13. The lowest BCUT2D eigenvalue weighted by atomic mass is 10.1. The van der Waals surface area contributed by atoms with Crippen molar-refractivity contribution in [1.29, 1.82) is 0 Å². The number of aromatic nitrogens is 2. The van der Waals surface area contributed by atoms with E-state index in [1.165, 1.54) is 5.56 Å². The monoisotopic (exact) mass is 475 g/mol. The summed E-state index contributed by atoms with van der Waals surface area (Å²) in [5.74, 6) is -0.387. The number of hydrogen-bond donors (Lipinski definition) is 1. The molecule has 3 aromatic rings. The van der Waals surface area contributed by atoms with E-state index >= 15 is 0 Å². The van der Waals surface area contributed by atoms with Crippen molar-refractivity contribution < 1.29 is 19.4 Å². The van der Waals surface area contributed by atoms with Gasteiger partial charge in [-0.15, -0.1) is 0 Å². The fourth-order valence-electron chi connectivity index (χ4n) is 4.57. The molecule has 2 atom stereocenters. The molecule has 7 heteroatoms. The van der Waals surface area contributed by atoms with Crippen LogP contribution in [0.1, 0.15) is 54.6 Å². The number of hydrogen-bond acceptors (Lipinski definition) is 4. The summed E-state index contributed by atoms with van der Waals surface area (Å²) in [7, 11) is 0. The molecule has 184 valence electrons. The molecule has 1 aliphatic rings. The molecular weight excluding hydrogens is 442 g/mol. The number of likely N-dealkylation sites (tertiary alicyclic amines) is 1. The predicted molar refractivity (Wildman–Crippen MR) is 133 cm³/mol. The molecule has 1 aromatic heterocycles. The Morgan fingerprint density at radius 2 is 1.94 bits per heavy atom. The van der Waals surface area contributed by atoms with Crippen LogP contribution in [-0.4, -0.2) is 38.0 Å². The van der Waals surface area contributed by atoms with Gasteiger partial charge >= 0.3 is 5.97 Å². The van der Waals surface area contributed by atoms with Gasteiger partial charge in [0.2, 0.25) is 5.91 Å². The van der Waals surface area contributed by atoms with Crippen molar-refractivity contribution >= 4 is 11.9 Å². The molecule has 1 aliphatic heterocycles. The van der Waals surface area contributed by atoms with E-state index < -0.39 is 11.9 Å². The quantitative estimate of drug-likeness (QED) is 0.456. The zero-order valence-electron chi connectivity index (χ0n) is 20.4. The normalized spacial score (nSPS) is 16.3. The zero-order chi connectivity index (χ0) is 24.8. The number of nitrogens with zero attached hydrogens (tertiary/aromatic N) is 3. The zero-order valence-corrected chi connectivity index (χ0v) is 20.4. The molecule has 2 unspecified atom stereocenters. The summed E-state index contributed by atoms with van der Waals surface area (Å²) in [6.07, 6.45) is 6.26. The van der Waals surface area contributed by atoms with Crippen molar-refractivity contribution in [2.45, 2.75) is 58.7 Å². The molecule has 0 bridgehead atoms. The number of imidazole rings is 1. The highest BCUT2D eigenvalue weighted by molar-refractivity contribution is 5.79. The highest BCUT2D eigenvalue weighted by atomic mass is 16.5. The number of ether oxygens (including phenoxy) is 1. The van der Waals surface area contributed by atoms with E-state index in [9.17, 15) is 14.7 Å². The molecule has 1 amide bonds. The van der Waals surface area contributed by atoms with Gasteiger partial charge in [0.1, 0.15) is 12.4 Å². The maximum absolute atomic E-state index is 13.1. The minimum absolute atomic E-state index is 0.0645. The summed E-state index contributed by atoms with van der Waals surface area (Å²) < 4.78 is 7.75. The van der Waals surface area contributed by atoms with Crippen LogP contribution in [0.15, 0.2) is 61.1 Å². The number of rotatable bonds is 10. The second-order valence-electron chi connectivity index (χ2n) is 9.22. The molecule has 0 spiro atoms. The Kier molecular flexibility index (Phi) is 7.85. The Bertz CT molecular complexity index is 1160. The number of aryl methyl sites for hydroxylation is 1. The van der Waals surface area contributed by atoms with Crippen molar-refractivity contribution in [2.24, 2.45) is 5.92 Å². The maximum atomic E-state index is 13.1. The van der Waals surface area contributed by atoms with Crippen LogP contribution < -0.4 is 4.74 Å². The number of carboxylic acid groups (broad SMARTS) is 1. The van der Waals surface area contributed by atoms with Gasteiger partial charge in [0.25, 0.3) is 0 Å². The Labute approximate surface area is 206 Å². The van der Waals surface area contributed by atoms with Crippen LogP contribution in [0.5, 0.6) is 5.75 Å². The van der Waals surface area contributed by atoms with E-state index in [2.05, 4.69) is 24.0 Å². The standard InChI is InChI=1S/C28H33N3O4/c1-3-22(28(33)34)16-30-17-25(29-19-30)26-9-6-14-31(26)27(32)15-21-10-12-24(13-11-21)35-18-23-8-5-4-7-20(23)2/h4-5,7-8,10-13,17,19,22,26H,3,6,9,14-16,18H2,1-2H3,(H,33,34). The van der Waals surface area contributed by atoms with Crippen LogP contribution >= 0.6 is 0 Å². The van der Waals surface area contributed by atoms with E-state index in [1.807, 2.05) is 59.0 Å². The molecule has 0 radical (unpaired) electrons. The summed E-state index contributed by atoms with van der Waals surface area (Å²) >= 11 is 0. The Balaban J connectivity index is 1.34. The van der Waals surface area contributed by atoms with E-state index in [0.29, 0.717) is 32.5 Å². The molecule has 2 heterocycles. The highest BCUT2D eigenvalue weighted by Crippen LogP contribution is 2.31. The van der Waals surface area contributed by atoms with Crippen LogP contribution in [0.4, 0.5) is 0 Å². The van der Waals surface area contributed by atoms with Crippen LogP contribution in [0, 0.1) is 12.8 Å². The number of carbonyl (C=O) groups is 2. The Hall–Kier alpha value is -3.61. The van der Waals surface area contributed by atoms with Gasteiger partial charge in [-0.2, -0.15) is 0 Å². The number of benzene rings is 2. The lowest BCUT2D eigenvalue weighted by molar-refractivity contribution is -0.142. The largest absolute Gasteiger partial charge is 0.489 e. The number of aliphatic carboxylic acids is 1. The van der Waals surface area contributed by atoms with Crippen molar-refractivity contribution in [3.63, 3.8) is 0 Å². The summed E-state index contributed by atoms with van der Waals surface area (Å²) in [6.45, 7) is 5.55. The van der Waals surface area contributed by atoms with Crippen LogP contribution in [0.2, 0.25) is 0 Å². The average molecular weight is 476 g/mol. The number of carbonyl (C=O) groups excluding carboxylic acids is 1. The first-order chi connectivity index (χ1) is 16.9. The van der Waals surface area contributed by atoms with Crippen LogP contribution in [0.3, 0.4) is 0 Å². The fourth-order valence-corrected chi connectivity index (χ4v) is 4.57. The average Bonchev–Trinajstić information content (AvgIpc) is 3.52. The first-order valence-electron chi connectivity index (χ1n) is 12.2. The van der Waals surface area contributed by atoms with Gasteiger partial charge in [0, 0.05) is 19.3 Å². The molecule has 1 fully saturated rings. The molecule has 1 N–H and O–H groups in total. The molecule has 0 saturated carbocycles. The third kappa shape index (κ3) is 6.10. The van der Waals surface area contributed by atoms with E-state index in [0.717, 1.165) is 35.4 Å². The van der Waals surface area contributed by atoms with Gasteiger partial charge in [0.15, 0.2) is 0 Å². The van der Waals surface area contributed by atoms with Crippen LogP contribution in [0.25, 0.3) is 0 Å². The third-order valence-electron chi connectivity index (χ3n) is 6.78. The number of carboxylic acids is 1. The van der Waals surface area contributed by atoms with Gasteiger partial charge in [0.05, 0.1) is 30.4 Å². The second kappa shape index (κ2) is 11.2. The van der Waals surface area contributed by atoms with E-state index in [4.69, 9.17) is 4.74 Å². The SMILES string of the molecule is CCC(Cn1cnc(C2CCCN2C(=O)Cc2ccc(OCc3ccccc3C)cc2)c1)C(=O)O. The van der Waals surface area contributed by atoms with Crippen molar-refractivity contribution in [3.05, 3.63) is 83.4 Å². The lowest BCUT2D eigenvalue weighted by Crippen LogP contribution is -2.32. The molecule has 0 aliphatic carbocycles. The van der Waals surface area contributed by atoms with E-state index in [-0.39, 0.29) is 11.9 Å². The lowest BCUT2D eigenvalue weighted by Gasteiger charge is -2.23. The maximum Gasteiger partial charge on any atom is 0.308 e. The minimum Gasteiger partial charge on any atom is -0.489 e. The minimum atomic E-state index is -0.799. The van der Waals surface area contributed by atoms with Gasteiger partial charge < -0.3 is 19.3 Å². The van der Waals surface area contributed by atoms with Crippen molar-refractivity contribution in [3.8, 4) is 5.75 Å². The molecule has 35 heavy (non-hydrogen) atoms. The first kappa shape index (κ1) is 24.5. The Morgan fingerprint density at radius 1 is 1.17 bits per heavy atom. The summed E-state index contributed by atoms with van der Waals surface area (Å²) in [4.78, 5) is 30.9. The topological polar surface area (TPSA) is 84.7 Å². The predicted octanol–water partition coefficient (Wildman–Crippen LogP) is 4.79. The molecular formula is C28H33N3O4. The molecule has 7 nitrogen and oxygen atoms in total. The molecule has 1 saturated heterocycles.